The molecule has 0 atom stereocenters. The quantitative estimate of drug-likeness (QED) is 0.772. The lowest BCUT2D eigenvalue weighted by atomic mass is 9.76. The SMILES string of the molecule is COc1ccc(CN2C(=O)c3nc(Cl)ccc3C23CCC(=O)CC3)cc1. The Morgan fingerprint density at radius 2 is 1.81 bits per heavy atom. The van der Waals surface area contributed by atoms with Crippen molar-refractivity contribution in [1.82, 2.24) is 9.88 Å². The molecule has 0 radical (unpaired) electrons. The Labute approximate surface area is 156 Å². The Hall–Kier alpha value is -2.40. The van der Waals surface area contributed by atoms with Gasteiger partial charge in [-0.05, 0) is 36.6 Å². The number of Topliss-reactive ketones (excluding diaryl/α,β-unsaturated/α-hetero) is 1. The lowest BCUT2D eigenvalue weighted by Crippen LogP contribution is -2.45. The molecular formula is C20H19ClN2O3. The Morgan fingerprint density at radius 3 is 2.46 bits per heavy atom. The van der Waals surface area contributed by atoms with E-state index in [1.54, 1.807) is 13.2 Å². The van der Waals surface area contributed by atoms with Crippen molar-refractivity contribution < 1.29 is 14.3 Å². The summed E-state index contributed by atoms with van der Waals surface area (Å²) < 4.78 is 5.20. The minimum Gasteiger partial charge on any atom is -0.497 e. The van der Waals surface area contributed by atoms with E-state index in [9.17, 15) is 9.59 Å². The van der Waals surface area contributed by atoms with Crippen molar-refractivity contribution in [3.8, 4) is 5.75 Å². The molecule has 2 aromatic rings. The molecule has 1 aromatic heterocycles. The first-order chi connectivity index (χ1) is 12.5. The number of methoxy groups -OCH3 is 1. The molecule has 2 aliphatic rings. The van der Waals surface area contributed by atoms with Gasteiger partial charge in [-0.1, -0.05) is 29.8 Å². The normalized spacial score (nSPS) is 18.3. The first kappa shape index (κ1) is 17.0. The maximum absolute atomic E-state index is 13.1. The number of aromatic nitrogens is 1. The van der Waals surface area contributed by atoms with Crippen LogP contribution in [0.4, 0.5) is 0 Å². The molecule has 0 N–H and O–H groups in total. The van der Waals surface area contributed by atoms with Crippen LogP contribution in [0.2, 0.25) is 5.15 Å². The van der Waals surface area contributed by atoms with Crippen LogP contribution in [0.5, 0.6) is 5.75 Å². The van der Waals surface area contributed by atoms with E-state index in [4.69, 9.17) is 16.3 Å². The van der Waals surface area contributed by atoms with Crippen LogP contribution in [0.3, 0.4) is 0 Å². The summed E-state index contributed by atoms with van der Waals surface area (Å²) in [4.78, 5) is 31.1. The Kier molecular flexibility index (Phi) is 4.19. The van der Waals surface area contributed by atoms with Crippen molar-refractivity contribution in [3.05, 3.63) is 58.4 Å². The van der Waals surface area contributed by atoms with E-state index in [0.29, 0.717) is 43.1 Å². The molecule has 5 nitrogen and oxygen atoms in total. The van der Waals surface area contributed by atoms with Crippen LogP contribution in [0.15, 0.2) is 36.4 Å². The molecule has 6 heteroatoms. The van der Waals surface area contributed by atoms with E-state index in [-0.39, 0.29) is 11.7 Å². The number of carbonyl (C=O) groups is 2. The fraction of sp³-hybridized carbons (Fsp3) is 0.350. The number of amides is 1. The zero-order valence-electron chi connectivity index (χ0n) is 14.5. The second kappa shape index (κ2) is 6.40. The number of ether oxygens (including phenoxy) is 1. The molecule has 4 rings (SSSR count). The highest BCUT2D eigenvalue weighted by Crippen LogP contribution is 2.48. The van der Waals surface area contributed by atoms with Crippen molar-refractivity contribution in [2.24, 2.45) is 0 Å². The average Bonchev–Trinajstić information content (AvgIpc) is 2.87. The number of pyridine rings is 1. The number of hydrogen-bond donors (Lipinski definition) is 0. The predicted molar refractivity (Wildman–Crippen MR) is 97.3 cm³/mol. The maximum Gasteiger partial charge on any atom is 0.273 e. The molecule has 26 heavy (non-hydrogen) atoms. The number of halogens is 1. The molecule has 2 heterocycles. The van der Waals surface area contributed by atoms with Crippen LogP contribution >= 0.6 is 11.6 Å². The zero-order chi connectivity index (χ0) is 18.3. The second-order valence-electron chi connectivity index (χ2n) is 6.84. The highest BCUT2D eigenvalue weighted by Gasteiger charge is 2.51. The van der Waals surface area contributed by atoms with Crippen LogP contribution in [-0.4, -0.2) is 28.7 Å². The second-order valence-corrected chi connectivity index (χ2v) is 7.23. The van der Waals surface area contributed by atoms with Crippen LogP contribution in [0.25, 0.3) is 0 Å². The fourth-order valence-corrected chi connectivity index (χ4v) is 4.21. The molecular weight excluding hydrogens is 352 g/mol. The average molecular weight is 371 g/mol. The lowest BCUT2D eigenvalue weighted by molar-refractivity contribution is -0.122. The summed E-state index contributed by atoms with van der Waals surface area (Å²) in [5.41, 5.74) is 1.85. The molecule has 1 spiro atoms. The summed E-state index contributed by atoms with van der Waals surface area (Å²) in [5.74, 6) is 0.909. The molecule has 1 aliphatic carbocycles. The highest BCUT2D eigenvalue weighted by atomic mass is 35.5. The van der Waals surface area contributed by atoms with Gasteiger partial charge >= 0.3 is 0 Å². The van der Waals surface area contributed by atoms with Gasteiger partial charge in [0, 0.05) is 24.9 Å². The van der Waals surface area contributed by atoms with E-state index in [2.05, 4.69) is 4.98 Å². The van der Waals surface area contributed by atoms with Gasteiger partial charge in [0.2, 0.25) is 0 Å². The monoisotopic (exact) mass is 370 g/mol. The minimum absolute atomic E-state index is 0.118. The number of benzene rings is 1. The van der Waals surface area contributed by atoms with Gasteiger partial charge in [-0.25, -0.2) is 4.98 Å². The smallest absolute Gasteiger partial charge is 0.273 e. The summed E-state index contributed by atoms with van der Waals surface area (Å²) in [6.07, 6.45) is 2.22. The standard InChI is InChI=1S/C20H19ClN2O3/c1-26-15-4-2-13(3-5-15)12-23-19(25)18-16(6-7-17(21)22-18)20(23)10-8-14(24)9-11-20/h2-7H,8-12H2,1H3. The van der Waals surface area contributed by atoms with Crippen LogP contribution < -0.4 is 4.74 Å². The van der Waals surface area contributed by atoms with Crippen molar-refractivity contribution in [3.63, 3.8) is 0 Å². The Morgan fingerprint density at radius 1 is 1.12 bits per heavy atom. The molecule has 1 aliphatic heterocycles. The molecule has 1 aromatic carbocycles. The number of hydrogen-bond acceptors (Lipinski definition) is 4. The molecule has 1 amide bonds. The van der Waals surface area contributed by atoms with Crippen molar-refractivity contribution in [2.45, 2.75) is 37.8 Å². The van der Waals surface area contributed by atoms with Crippen molar-refractivity contribution in [1.29, 1.82) is 0 Å². The fourth-order valence-electron chi connectivity index (χ4n) is 4.06. The Bertz CT molecular complexity index is 869. The largest absolute Gasteiger partial charge is 0.497 e. The van der Waals surface area contributed by atoms with E-state index in [1.165, 1.54) is 0 Å². The van der Waals surface area contributed by atoms with Gasteiger partial charge in [-0.15, -0.1) is 0 Å². The van der Waals surface area contributed by atoms with Gasteiger partial charge in [-0.3, -0.25) is 9.59 Å². The third-order valence-corrected chi connectivity index (χ3v) is 5.67. The predicted octanol–water partition coefficient (Wildman–Crippen LogP) is 3.74. The number of fused-ring (bicyclic) bond motifs is 2. The molecule has 0 saturated heterocycles. The summed E-state index contributed by atoms with van der Waals surface area (Å²) in [7, 11) is 1.62. The molecule has 1 fully saturated rings. The van der Waals surface area contributed by atoms with Gasteiger partial charge < -0.3 is 9.64 Å². The Balaban J connectivity index is 1.74. The lowest BCUT2D eigenvalue weighted by Gasteiger charge is -2.41. The van der Waals surface area contributed by atoms with Crippen molar-refractivity contribution >= 4 is 23.3 Å². The summed E-state index contributed by atoms with van der Waals surface area (Å²) >= 11 is 6.03. The van der Waals surface area contributed by atoms with Gasteiger partial charge in [0.1, 0.15) is 22.4 Å². The van der Waals surface area contributed by atoms with Gasteiger partial charge in [-0.2, -0.15) is 0 Å². The summed E-state index contributed by atoms with van der Waals surface area (Å²) in [6, 6.07) is 11.3. The zero-order valence-corrected chi connectivity index (χ0v) is 15.3. The van der Waals surface area contributed by atoms with Gasteiger partial charge in [0.05, 0.1) is 12.6 Å². The number of rotatable bonds is 3. The number of nitrogens with zero attached hydrogens (tertiary/aromatic N) is 2. The van der Waals surface area contributed by atoms with Gasteiger partial charge in [0.25, 0.3) is 5.91 Å². The minimum atomic E-state index is -0.474. The van der Waals surface area contributed by atoms with Crippen LogP contribution in [-0.2, 0) is 16.9 Å². The molecule has 0 unspecified atom stereocenters. The maximum atomic E-state index is 13.1. The molecule has 134 valence electrons. The summed E-state index contributed by atoms with van der Waals surface area (Å²) in [6.45, 7) is 0.463. The topological polar surface area (TPSA) is 59.5 Å². The van der Waals surface area contributed by atoms with E-state index in [0.717, 1.165) is 16.9 Å². The first-order valence-corrected chi connectivity index (χ1v) is 9.05. The molecule has 0 bridgehead atoms. The third-order valence-electron chi connectivity index (χ3n) is 5.46. The van der Waals surface area contributed by atoms with Crippen LogP contribution in [0, 0.1) is 0 Å². The number of ketones is 1. The first-order valence-electron chi connectivity index (χ1n) is 8.67. The van der Waals surface area contributed by atoms with E-state index >= 15 is 0 Å². The third kappa shape index (κ3) is 2.67. The van der Waals surface area contributed by atoms with Gasteiger partial charge in [0.15, 0.2) is 0 Å². The van der Waals surface area contributed by atoms with Crippen molar-refractivity contribution in [2.75, 3.05) is 7.11 Å². The van der Waals surface area contributed by atoms with Crippen LogP contribution in [0.1, 0.15) is 47.3 Å². The number of carbonyl (C=O) groups excluding carboxylic acids is 2. The summed E-state index contributed by atoms with van der Waals surface area (Å²) in [5, 5.41) is 0.311. The highest BCUT2D eigenvalue weighted by molar-refractivity contribution is 6.29. The van der Waals surface area contributed by atoms with E-state index in [1.807, 2.05) is 35.2 Å². The molecule has 1 saturated carbocycles. The van der Waals surface area contributed by atoms with E-state index < -0.39 is 5.54 Å².